The molecule has 0 saturated heterocycles. The van der Waals surface area contributed by atoms with Crippen molar-refractivity contribution in [2.24, 2.45) is 0 Å². The number of carbonyl (C=O) groups is 1. The summed E-state index contributed by atoms with van der Waals surface area (Å²) < 4.78 is 0. The van der Waals surface area contributed by atoms with Crippen molar-refractivity contribution in [2.75, 3.05) is 6.61 Å². The Labute approximate surface area is 322 Å². The highest BCUT2D eigenvalue weighted by atomic mass is 16.3. The van der Waals surface area contributed by atoms with Crippen molar-refractivity contribution in [3.8, 4) is 0 Å². The number of rotatable bonds is 38. The summed E-state index contributed by atoms with van der Waals surface area (Å²) in [5, 5.41) is 22.8. The molecule has 52 heavy (non-hydrogen) atoms. The van der Waals surface area contributed by atoms with E-state index in [1.807, 2.05) is 13.0 Å². The summed E-state index contributed by atoms with van der Waals surface area (Å²) in [5.74, 6) is -0.0836. The first-order chi connectivity index (χ1) is 25.7. The van der Waals surface area contributed by atoms with Gasteiger partial charge < -0.3 is 15.5 Å². The van der Waals surface area contributed by atoms with E-state index in [-0.39, 0.29) is 12.5 Å². The first kappa shape index (κ1) is 49.6. The summed E-state index contributed by atoms with van der Waals surface area (Å²) >= 11 is 0. The van der Waals surface area contributed by atoms with Crippen LogP contribution in [-0.4, -0.2) is 34.9 Å². The molecular formula is C48H83NO3. The van der Waals surface area contributed by atoms with Gasteiger partial charge >= 0.3 is 0 Å². The maximum atomic E-state index is 12.3. The summed E-state index contributed by atoms with van der Waals surface area (Å²) in [6, 6.07) is -0.645. The monoisotopic (exact) mass is 722 g/mol. The number of nitrogens with one attached hydrogen (secondary N) is 1. The second-order valence-electron chi connectivity index (χ2n) is 14.4. The van der Waals surface area contributed by atoms with Crippen LogP contribution in [0.15, 0.2) is 85.1 Å². The molecule has 0 saturated carbocycles. The number of carbonyl (C=O) groups excluding carboxylic acids is 1. The van der Waals surface area contributed by atoms with Crippen LogP contribution in [0.5, 0.6) is 0 Å². The summed E-state index contributed by atoms with van der Waals surface area (Å²) in [4.78, 5) is 12.3. The minimum atomic E-state index is -0.869. The quantitative estimate of drug-likeness (QED) is 0.0439. The lowest BCUT2D eigenvalue weighted by molar-refractivity contribution is -0.123. The third-order valence-corrected chi connectivity index (χ3v) is 9.43. The van der Waals surface area contributed by atoms with E-state index in [0.29, 0.717) is 6.42 Å². The number of aliphatic hydroxyl groups is 2. The Bertz CT molecular complexity index is 957. The van der Waals surface area contributed by atoms with Crippen molar-refractivity contribution in [3.63, 3.8) is 0 Å². The number of aliphatic hydroxyl groups excluding tert-OH is 2. The van der Waals surface area contributed by atoms with Crippen molar-refractivity contribution in [1.29, 1.82) is 0 Å². The third kappa shape index (κ3) is 38.8. The summed E-state index contributed by atoms with van der Waals surface area (Å²) in [7, 11) is 0. The minimum Gasteiger partial charge on any atom is -0.394 e. The molecule has 0 radical (unpaired) electrons. The molecule has 4 heteroatoms. The number of amides is 1. The highest BCUT2D eigenvalue weighted by molar-refractivity contribution is 5.76. The first-order valence-electron chi connectivity index (χ1n) is 21.8. The average molecular weight is 722 g/mol. The van der Waals surface area contributed by atoms with Gasteiger partial charge in [0.05, 0.1) is 18.8 Å². The lowest BCUT2D eigenvalue weighted by Gasteiger charge is -2.19. The van der Waals surface area contributed by atoms with Crippen LogP contribution in [0.1, 0.15) is 194 Å². The smallest absolute Gasteiger partial charge is 0.220 e. The Morgan fingerprint density at radius 2 is 0.885 bits per heavy atom. The average Bonchev–Trinajstić information content (AvgIpc) is 3.15. The zero-order chi connectivity index (χ0) is 37.8. The first-order valence-corrected chi connectivity index (χ1v) is 21.8. The largest absolute Gasteiger partial charge is 0.394 e. The van der Waals surface area contributed by atoms with Crippen LogP contribution < -0.4 is 5.32 Å². The molecule has 0 rings (SSSR count). The van der Waals surface area contributed by atoms with E-state index in [1.165, 1.54) is 109 Å². The van der Waals surface area contributed by atoms with E-state index >= 15 is 0 Å². The Hall–Kier alpha value is -2.43. The molecule has 2 unspecified atom stereocenters. The van der Waals surface area contributed by atoms with Gasteiger partial charge in [-0.25, -0.2) is 0 Å². The Balaban J connectivity index is 3.47. The molecule has 4 nitrogen and oxygen atoms in total. The standard InChI is InChI=1S/C48H83NO3/c1-3-5-7-9-11-13-14-15-16-17-18-19-20-21-22-23-24-25-26-27-28-29-30-31-32-33-34-36-38-40-42-44-48(52)49-46(45-50)47(51)43-41-39-37-35-12-10-8-6-4-2/h4-7,11-13,15-16,18-19,35,41,43,46-47,50-51H,3,8-10,14,17,20-34,36-40,42,44-45H2,1-2H3,(H,49,52)/b6-4+,7-5-,13-11-,16-15-,19-18-,35-12+,43-41+. The lowest BCUT2D eigenvalue weighted by Crippen LogP contribution is -2.45. The highest BCUT2D eigenvalue weighted by Crippen LogP contribution is 2.15. The van der Waals surface area contributed by atoms with Gasteiger partial charge in [-0.2, -0.15) is 0 Å². The summed E-state index contributed by atoms with van der Waals surface area (Å²) in [6.07, 6.45) is 63.0. The molecule has 0 aromatic rings. The van der Waals surface area contributed by atoms with Crippen molar-refractivity contribution in [2.45, 2.75) is 206 Å². The molecule has 0 bridgehead atoms. The van der Waals surface area contributed by atoms with Gasteiger partial charge in [0.25, 0.3) is 0 Å². The number of unbranched alkanes of at least 4 members (excludes halogenated alkanes) is 20. The molecule has 0 fully saturated rings. The van der Waals surface area contributed by atoms with Gasteiger partial charge in [0, 0.05) is 6.42 Å². The van der Waals surface area contributed by atoms with Gasteiger partial charge in [-0.15, -0.1) is 0 Å². The van der Waals surface area contributed by atoms with Crippen LogP contribution in [-0.2, 0) is 4.79 Å². The fraction of sp³-hybridized carbons (Fsp3) is 0.688. The molecule has 0 heterocycles. The molecular weight excluding hydrogens is 639 g/mol. The minimum absolute atomic E-state index is 0.0836. The SMILES string of the molecule is C/C=C/CC/C=C/CC/C=C/C(O)C(CO)NC(=O)CCCCCCCCCCCCCCCCCCCC/C=C\C/C=C\C/C=C\C/C=C\CC. The number of hydrogen-bond acceptors (Lipinski definition) is 3. The molecule has 1 amide bonds. The predicted molar refractivity (Wildman–Crippen MR) is 230 cm³/mol. The Kier molecular flexibility index (Phi) is 41.0. The van der Waals surface area contributed by atoms with Crippen LogP contribution in [0, 0.1) is 0 Å². The van der Waals surface area contributed by atoms with Crippen LogP contribution in [0.25, 0.3) is 0 Å². The van der Waals surface area contributed by atoms with Gasteiger partial charge in [0.15, 0.2) is 0 Å². The van der Waals surface area contributed by atoms with Crippen LogP contribution >= 0.6 is 0 Å². The normalized spacial score (nSPS) is 13.8. The van der Waals surface area contributed by atoms with E-state index in [2.05, 4.69) is 85.2 Å². The Morgan fingerprint density at radius 3 is 1.35 bits per heavy atom. The Morgan fingerprint density at radius 1 is 0.500 bits per heavy atom. The molecule has 0 aliphatic carbocycles. The number of hydrogen-bond donors (Lipinski definition) is 3. The predicted octanol–water partition coefficient (Wildman–Crippen LogP) is 13.7. The second-order valence-corrected chi connectivity index (χ2v) is 14.4. The highest BCUT2D eigenvalue weighted by Gasteiger charge is 2.17. The zero-order valence-corrected chi connectivity index (χ0v) is 34.0. The summed E-state index contributed by atoms with van der Waals surface area (Å²) in [6.45, 7) is 3.94. The van der Waals surface area contributed by atoms with Crippen molar-refractivity contribution >= 4 is 5.91 Å². The van der Waals surface area contributed by atoms with Gasteiger partial charge in [-0.05, 0) is 77.6 Å². The molecule has 0 spiro atoms. The topological polar surface area (TPSA) is 69.6 Å². The second kappa shape index (κ2) is 43.0. The summed E-state index contributed by atoms with van der Waals surface area (Å²) in [5.41, 5.74) is 0. The molecule has 298 valence electrons. The zero-order valence-electron chi connectivity index (χ0n) is 34.0. The molecule has 0 aliphatic rings. The van der Waals surface area contributed by atoms with Crippen LogP contribution in [0.2, 0.25) is 0 Å². The fourth-order valence-electron chi connectivity index (χ4n) is 6.15. The molecule has 2 atom stereocenters. The molecule has 0 aromatic carbocycles. The van der Waals surface area contributed by atoms with Crippen molar-refractivity contribution in [1.82, 2.24) is 5.32 Å². The van der Waals surface area contributed by atoms with Crippen molar-refractivity contribution in [3.05, 3.63) is 85.1 Å². The van der Waals surface area contributed by atoms with Crippen LogP contribution in [0.4, 0.5) is 0 Å². The van der Waals surface area contributed by atoms with E-state index in [0.717, 1.165) is 64.2 Å². The van der Waals surface area contributed by atoms with Gasteiger partial charge in [-0.3, -0.25) is 4.79 Å². The van der Waals surface area contributed by atoms with Crippen LogP contribution in [0.3, 0.4) is 0 Å². The maximum absolute atomic E-state index is 12.3. The lowest BCUT2D eigenvalue weighted by atomic mass is 10.0. The third-order valence-electron chi connectivity index (χ3n) is 9.43. The maximum Gasteiger partial charge on any atom is 0.220 e. The van der Waals surface area contributed by atoms with Gasteiger partial charge in [-0.1, -0.05) is 195 Å². The fourth-order valence-corrected chi connectivity index (χ4v) is 6.15. The van der Waals surface area contributed by atoms with Crippen molar-refractivity contribution < 1.29 is 15.0 Å². The van der Waals surface area contributed by atoms with E-state index in [4.69, 9.17) is 0 Å². The van der Waals surface area contributed by atoms with E-state index in [1.54, 1.807) is 6.08 Å². The molecule has 0 aromatic heterocycles. The van der Waals surface area contributed by atoms with Gasteiger partial charge in [0.2, 0.25) is 5.91 Å². The number of allylic oxidation sites excluding steroid dienone is 13. The van der Waals surface area contributed by atoms with E-state index in [9.17, 15) is 15.0 Å². The van der Waals surface area contributed by atoms with E-state index < -0.39 is 12.1 Å². The molecule has 3 N–H and O–H groups in total. The molecule has 0 aliphatic heterocycles. The van der Waals surface area contributed by atoms with Gasteiger partial charge in [0.1, 0.15) is 0 Å².